The van der Waals surface area contributed by atoms with Crippen LogP contribution in [0.3, 0.4) is 0 Å². The van der Waals surface area contributed by atoms with E-state index in [-0.39, 0.29) is 5.69 Å². The first-order chi connectivity index (χ1) is 6.79. The molecule has 1 aromatic heterocycles. The van der Waals surface area contributed by atoms with E-state index in [1.807, 2.05) is 0 Å². The Morgan fingerprint density at radius 1 is 1.53 bits per heavy atom. The molecular weight excluding hydrogens is 217 g/mol. The van der Waals surface area contributed by atoms with E-state index in [1.165, 1.54) is 0 Å². The van der Waals surface area contributed by atoms with Gasteiger partial charge in [-0.05, 0) is 0 Å². The molecule has 82 valence electrons. The van der Waals surface area contributed by atoms with Crippen LogP contribution < -0.4 is 10.5 Å². The van der Waals surface area contributed by atoms with Crippen LogP contribution in [-0.4, -0.2) is 22.4 Å². The van der Waals surface area contributed by atoms with E-state index in [9.17, 15) is 18.0 Å². The molecule has 0 aromatic carbocycles. The topological polar surface area (TPSA) is 85.4 Å². The lowest BCUT2D eigenvalue weighted by atomic mass is 10.2. The standard InChI is InChI=1S/C7H5F3N2O3/c8-7(9,10)15-5-1-3(6(13)14)4(11)2-12-5/h1-2H,11H2,(H,13,14). The molecule has 0 saturated heterocycles. The van der Waals surface area contributed by atoms with Crippen molar-refractivity contribution in [1.82, 2.24) is 4.98 Å². The second-order valence-corrected chi connectivity index (χ2v) is 2.46. The van der Waals surface area contributed by atoms with Crippen molar-refractivity contribution in [3.63, 3.8) is 0 Å². The van der Waals surface area contributed by atoms with Crippen molar-refractivity contribution in [2.75, 3.05) is 5.73 Å². The number of nitrogens with two attached hydrogens (primary N) is 1. The molecule has 15 heavy (non-hydrogen) atoms. The molecule has 0 radical (unpaired) electrons. The van der Waals surface area contributed by atoms with E-state index >= 15 is 0 Å². The van der Waals surface area contributed by atoms with Gasteiger partial charge in [-0.2, -0.15) is 0 Å². The number of carboxylic acid groups (broad SMARTS) is 1. The first-order valence-corrected chi connectivity index (χ1v) is 3.54. The summed E-state index contributed by atoms with van der Waals surface area (Å²) in [7, 11) is 0. The van der Waals surface area contributed by atoms with Gasteiger partial charge in [0.15, 0.2) is 0 Å². The smallest absolute Gasteiger partial charge is 0.478 e. The number of ether oxygens (including phenoxy) is 1. The SMILES string of the molecule is Nc1cnc(OC(F)(F)F)cc1C(=O)O. The lowest BCUT2D eigenvalue weighted by molar-refractivity contribution is -0.276. The Hall–Kier alpha value is -1.99. The molecule has 0 amide bonds. The number of aromatic carboxylic acids is 1. The number of nitrogens with zero attached hydrogens (tertiary/aromatic N) is 1. The molecule has 0 aliphatic heterocycles. The van der Waals surface area contributed by atoms with E-state index in [1.54, 1.807) is 0 Å². The van der Waals surface area contributed by atoms with Crippen molar-refractivity contribution in [2.45, 2.75) is 6.36 Å². The summed E-state index contributed by atoms with van der Waals surface area (Å²) in [5.41, 5.74) is 4.44. The first-order valence-electron chi connectivity index (χ1n) is 3.54. The zero-order valence-corrected chi connectivity index (χ0v) is 7.08. The van der Waals surface area contributed by atoms with Gasteiger partial charge < -0.3 is 15.6 Å². The van der Waals surface area contributed by atoms with Crippen molar-refractivity contribution in [2.24, 2.45) is 0 Å². The Balaban J connectivity index is 3.03. The number of hydrogen-bond acceptors (Lipinski definition) is 4. The largest absolute Gasteiger partial charge is 0.574 e. The molecule has 1 rings (SSSR count). The molecule has 0 unspecified atom stereocenters. The summed E-state index contributed by atoms with van der Waals surface area (Å²) in [5.74, 6) is -2.32. The third-order valence-corrected chi connectivity index (χ3v) is 1.36. The lowest BCUT2D eigenvalue weighted by Gasteiger charge is -2.08. The third-order valence-electron chi connectivity index (χ3n) is 1.36. The second kappa shape index (κ2) is 3.64. The third kappa shape index (κ3) is 3.01. The van der Waals surface area contributed by atoms with Crippen LogP contribution in [0, 0.1) is 0 Å². The van der Waals surface area contributed by atoms with Gasteiger partial charge in [0.25, 0.3) is 0 Å². The second-order valence-electron chi connectivity index (χ2n) is 2.46. The summed E-state index contributed by atoms with van der Waals surface area (Å²) in [4.78, 5) is 13.7. The zero-order valence-electron chi connectivity index (χ0n) is 7.08. The molecule has 0 bridgehead atoms. The zero-order chi connectivity index (χ0) is 11.6. The van der Waals surface area contributed by atoms with Gasteiger partial charge in [-0.15, -0.1) is 13.2 Å². The fourth-order valence-electron chi connectivity index (χ4n) is 0.806. The van der Waals surface area contributed by atoms with E-state index in [0.717, 1.165) is 6.20 Å². The Morgan fingerprint density at radius 2 is 2.13 bits per heavy atom. The Kier molecular flexibility index (Phi) is 2.69. The number of carboxylic acids is 1. The van der Waals surface area contributed by atoms with Crippen molar-refractivity contribution >= 4 is 11.7 Å². The normalized spacial score (nSPS) is 11.1. The molecular formula is C7H5F3N2O3. The van der Waals surface area contributed by atoms with Gasteiger partial charge in [0.2, 0.25) is 5.88 Å². The van der Waals surface area contributed by atoms with Gasteiger partial charge in [-0.3, -0.25) is 0 Å². The highest BCUT2D eigenvalue weighted by molar-refractivity contribution is 5.93. The van der Waals surface area contributed by atoms with Gasteiger partial charge in [0, 0.05) is 6.07 Å². The summed E-state index contributed by atoms with van der Waals surface area (Å²) in [6.45, 7) is 0. The minimum absolute atomic E-state index is 0.239. The maximum Gasteiger partial charge on any atom is 0.574 e. The number of alkyl halides is 3. The van der Waals surface area contributed by atoms with E-state index in [2.05, 4.69) is 9.72 Å². The predicted molar refractivity (Wildman–Crippen MR) is 42.3 cm³/mol. The number of aromatic nitrogens is 1. The minimum Gasteiger partial charge on any atom is -0.478 e. The van der Waals surface area contributed by atoms with E-state index in [0.29, 0.717) is 6.07 Å². The minimum atomic E-state index is -4.92. The molecule has 8 heteroatoms. The summed E-state index contributed by atoms with van der Waals surface area (Å²) in [5, 5.41) is 8.54. The molecule has 0 fully saturated rings. The monoisotopic (exact) mass is 222 g/mol. The summed E-state index contributed by atoms with van der Waals surface area (Å²) in [6, 6.07) is 0.602. The van der Waals surface area contributed by atoms with E-state index in [4.69, 9.17) is 10.8 Å². The van der Waals surface area contributed by atoms with Crippen LogP contribution >= 0.6 is 0 Å². The van der Waals surface area contributed by atoms with Gasteiger partial charge >= 0.3 is 12.3 Å². The molecule has 5 nitrogen and oxygen atoms in total. The quantitative estimate of drug-likeness (QED) is 0.786. The molecule has 3 N–H and O–H groups in total. The summed E-state index contributed by atoms with van der Waals surface area (Å²) >= 11 is 0. The number of anilines is 1. The van der Waals surface area contributed by atoms with Gasteiger partial charge in [-0.25, -0.2) is 9.78 Å². The Bertz CT molecular complexity index is 392. The summed E-state index contributed by atoms with van der Waals surface area (Å²) in [6.07, 6.45) is -4.14. The highest BCUT2D eigenvalue weighted by Gasteiger charge is 2.32. The molecule has 0 aliphatic carbocycles. The van der Waals surface area contributed by atoms with Gasteiger partial charge in [0.1, 0.15) is 0 Å². The number of halogens is 3. The van der Waals surface area contributed by atoms with Crippen molar-refractivity contribution < 1.29 is 27.8 Å². The number of rotatable bonds is 2. The first kappa shape index (κ1) is 11.1. The predicted octanol–water partition coefficient (Wildman–Crippen LogP) is 1.26. The van der Waals surface area contributed by atoms with E-state index < -0.39 is 23.8 Å². The van der Waals surface area contributed by atoms with Crippen LogP contribution in [-0.2, 0) is 0 Å². The number of pyridine rings is 1. The van der Waals surface area contributed by atoms with Crippen LogP contribution in [0.2, 0.25) is 0 Å². The van der Waals surface area contributed by atoms with Crippen molar-refractivity contribution in [1.29, 1.82) is 0 Å². The molecule has 0 atom stereocenters. The highest BCUT2D eigenvalue weighted by Crippen LogP contribution is 2.23. The van der Waals surface area contributed by atoms with Gasteiger partial charge in [-0.1, -0.05) is 0 Å². The summed E-state index contributed by atoms with van der Waals surface area (Å²) < 4.78 is 38.6. The van der Waals surface area contributed by atoms with Crippen LogP contribution in [0.5, 0.6) is 5.88 Å². The molecule has 0 spiro atoms. The van der Waals surface area contributed by atoms with Crippen LogP contribution in [0.1, 0.15) is 10.4 Å². The molecule has 0 aliphatic rings. The lowest BCUT2D eigenvalue weighted by Crippen LogP contribution is -2.18. The number of carbonyl (C=O) groups is 1. The van der Waals surface area contributed by atoms with Crippen molar-refractivity contribution in [3.05, 3.63) is 17.8 Å². The van der Waals surface area contributed by atoms with Crippen molar-refractivity contribution in [3.8, 4) is 5.88 Å². The molecule has 1 heterocycles. The molecule has 0 saturated carbocycles. The average molecular weight is 222 g/mol. The number of hydrogen-bond donors (Lipinski definition) is 2. The highest BCUT2D eigenvalue weighted by atomic mass is 19.4. The Labute approximate surface area is 81.3 Å². The molecule has 1 aromatic rings. The fraction of sp³-hybridized carbons (Fsp3) is 0.143. The van der Waals surface area contributed by atoms with Gasteiger partial charge in [0.05, 0.1) is 17.4 Å². The van der Waals surface area contributed by atoms with Crippen LogP contribution in [0.25, 0.3) is 0 Å². The van der Waals surface area contributed by atoms with Crippen LogP contribution in [0.4, 0.5) is 18.9 Å². The Morgan fingerprint density at radius 3 is 2.60 bits per heavy atom. The average Bonchev–Trinajstić information content (AvgIpc) is 2.05. The fourth-order valence-corrected chi connectivity index (χ4v) is 0.806. The van der Waals surface area contributed by atoms with Crippen LogP contribution in [0.15, 0.2) is 12.3 Å². The maximum absolute atomic E-state index is 11.7. The number of nitrogen functional groups attached to an aromatic ring is 1. The maximum atomic E-state index is 11.7.